The Labute approximate surface area is 99.0 Å². The molecule has 16 heavy (non-hydrogen) atoms. The van der Waals surface area contributed by atoms with Gasteiger partial charge in [0.25, 0.3) is 0 Å². The van der Waals surface area contributed by atoms with Crippen LogP contribution in [0, 0.1) is 11.3 Å². The van der Waals surface area contributed by atoms with E-state index in [0.717, 1.165) is 18.1 Å². The van der Waals surface area contributed by atoms with E-state index in [0.29, 0.717) is 11.4 Å². The minimum Gasteiger partial charge on any atom is -0.382 e. The first-order valence-electron chi connectivity index (χ1n) is 5.42. The van der Waals surface area contributed by atoms with Crippen LogP contribution in [-0.4, -0.2) is 35.5 Å². The number of nitrogen functional groups attached to an aromatic ring is 1. The summed E-state index contributed by atoms with van der Waals surface area (Å²) in [7, 11) is 0. The van der Waals surface area contributed by atoms with Gasteiger partial charge >= 0.3 is 0 Å². The summed E-state index contributed by atoms with van der Waals surface area (Å²) in [6.07, 6.45) is 2.61. The van der Waals surface area contributed by atoms with E-state index in [1.54, 1.807) is 0 Å². The van der Waals surface area contributed by atoms with Crippen molar-refractivity contribution >= 4 is 22.4 Å². The smallest absolute Gasteiger partial charge is 0.157 e. The summed E-state index contributed by atoms with van der Waals surface area (Å²) in [4.78, 5) is 2.42. The maximum absolute atomic E-state index is 8.89. The van der Waals surface area contributed by atoms with Gasteiger partial charge in [-0.1, -0.05) is 0 Å². The molecule has 1 aliphatic heterocycles. The van der Waals surface area contributed by atoms with Gasteiger partial charge in [-0.2, -0.15) is 9.64 Å². The lowest BCUT2D eigenvalue weighted by molar-refractivity contribution is 0.353. The Morgan fingerprint density at radius 1 is 1.50 bits per heavy atom. The van der Waals surface area contributed by atoms with Crippen LogP contribution in [0.5, 0.6) is 0 Å². The first kappa shape index (κ1) is 11.2. The zero-order valence-corrected chi connectivity index (χ0v) is 9.89. The molecule has 3 N–H and O–H groups in total. The van der Waals surface area contributed by atoms with Gasteiger partial charge in [-0.05, 0) is 37.5 Å². The van der Waals surface area contributed by atoms with Crippen LogP contribution in [0.4, 0.5) is 10.8 Å². The molecule has 0 saturated carbocycles. The third-order valence-corrected chi connectivity index (χ3v) is 3.56. The highest BCUT2D eigenvalue weighted by Gasteiger charge is 2.13. The molecule has 0 bridgehead atoms. The van der Waals surface area contributed by atoms with Gasteiger partial charge in [0, 0.05) is 13.1 Å². The summed E-state index contributed by atoms with van der Waals surface area (Å²) in [5.74, 6) is 0.330. The van der Waals surface area contributed by atoms with Crippen LogP contribution in [0.25, 0.3) is 0 Å². The predicted molar refractivity (Wildman–Crippen MR) is 65.4 cm³/mol. The molecule has 6 heteroatoms. The summed E-state index contributed by atoms with van der Waals surface area (Å²) in [6, 6.07) is 2.07. The molecular formula is C10H15N5S. The van der Waals surface area contributed by atoms with Gasteiger partial charge in [-0.3, -0.25) is 0 Å². The second-order valence-electron chi connectivity index (χ2n) is 3.86. The molecule has 0 unspecified atom stereocenters. The number of nitrogens with two attached hydrogens (primary N) is 1. The fourth-order valence-electron chi connectivity index (χ4n) is 1.86. The highest BCUT2D eigenvalue weighted by molar-refractivity contribution is 7.10. The molecular weight excluding hydrogens is 222 g/mol. The molecule has 0 aromatic carbocycles. The number of anilines is 2. The van der Waals surface area contributed by atoms with E-state index >= 15 is 0 Å². The Hall–Kier alpha value is -1.32. The summed E-state index contributed by atoms with van der Waals surface area (Å²) in [6.45, 7) is 4.24. The van der Waals surface area contributed by atoms with Gasteiger partial charge in [-0.25, -0.2) is 0 Å². The van der Waals surface area contributed by atoms with E-state index in [2.05, 4.69) is 20.7 Å². The fourth-order valence-corrected chi connectivity index (χ4v) is 2.55. The van der Waals surface area contributed by atoms with Crippen LogP contribution < -0.4 is 11.1 Å². The Morgan fingerprint density at radius 3 is 2.94 bits per heavy atom. The number of hydrogen-bond donors (Lipinski definition) is 2. The van der Waals surface area contributed by atoms with Crippen molar-refractivity contribution < 1.29 is 0 Å². The Balaban J connectivity index is 1.82. The summed E-state index contributed by atoms with van der Waals surface area (Å²) >= 11 is 1.26. The fraction of sp³-hybridized carbons (Fsp3) is 0.600. The number of nitriles is 1. The van der Waals surface area contributed by atoms with Crippen molar-refractivity contribution in [2.24, 2.45) is 0 Å². The van der Waals surface area contributed by atoms with Crippen LogP contribution in [0.2, 0.25) is 0 Å². The molecule has 0 spiro atoms. The van der Waals surface area contributed by atoms with Crippen molar-refractivity contribution in [2.75, 3.05) is 37.2 Å². The largest absolute Gasteiger partial charge is 0.382 e. The monoisotopic (exact) mass is 237 g/mol. The molecule has 2 heterocycles. The van der Waals surface area contributed by atoms with Gasteiger partial charge < -0.3 is 16.0 Å². The van der Waals surface area contributed by atoms with Gasteiger partial charge in [-0.15, -0.1) is 0 Å². The highest BCUT2D eigenvalue weighted by atomic mass is 32.1. The third-order valence-electron chi connectivity index (χ3n) is 2.74. The van der Waals surface area contributed by atoms with E-state index in [-0.39, 0.29) is 0 Å². The summed E-state index contributed by atoms with van der Waals surface area (Å²) < 4.78 is 3.96. The lowest BCUT2D eigenvalue weighted by Gasteiger charge is -2.14. The molecule has 0 aliphatic carbocycles. The zero-order chi connectivity index (χ0) is 11.4. The lowest BCUT2D eigenvalue weighted by atomic mass is 10.3. The third kappa shape index (κ3) is 2.43. The molecule has 86 valence electrons. The zero-order valence-electron chi connectivity index (χ0n) is 9.07. The van der Waals surface area contributed by atoms with Crippen LogP contribution in [0.3, 0.4) is 0 Å². The Kier molecular flexibility index (Phi) is 3.59. The van der Waals surface area contributed by atoms with Crippen LogP contribution in [0.15, 0.2) is 0 Å². The van der Waals surface area contributed by atoms with Crippen LogP contribution >= 0.6 is 11.5 Å². The van der Waals surface area contributed by atoms with Gasteiger partial charge in [0.05, 0.1) is 0 Å². The molecule has 1 saturated heterocycles. The number of hydrogen-bond acceptors (Lipinski definition) is 6. The van der Waals surface area contributed by atoms with E-state index in [1.165, 1.54) is 37.5 Å². The summed E-state index contributed by atoms with van der Waals surface area (Å²) in [5.41, 5.74) is 6.05. The molecule has 0 amide bonds. The van der Waals surface area contributed by atoms with Crippen molar-refractivity contribution in [1.82, 2.24) is 9.27 Å². The molecule has 5 nitrogen and oxygen atoms in total. The van der Waals surface area contributed by atoms with Crippen LogP contribution in [0.1, 0.15) is 18.4 Å². The maximum Gasteiger partial charge on any atom is 0.157 e. The molecule has 2 rings (SSSR count). The van der Waals surface area contributed by atoms with Crippen molar-refractivity contribution in [1.29, 1.82) is 5.26 Å². The number of rotatable bonds is 4. The average Bonchev–Trinajstić information content (AvgIpc) is 2.89. The second kappa shape index (κ2) is 5.14. The second-order valence-corrected chi connectivity index (χ2v) is 4.63. The quantitative estimate of drug-likeness (QED) is 0.820. The van der Waals surface area contributed by atoms with Crippen molar-refractivity contribution in [3.63, 3.8) is 0 Å². The minimum atomic E-state index is 0.330. The van der Waals surface area contributed by atoms with Gasteiger partial charge in [0.2, 0.25) is 0 Å². The topological polar surface area (TPSA) is 78.0 Å². The lowest BCUT2D eigenvalue weighted by Crippen LogP contribution is -2.25. The SMILES string of the molecule is N#Cc1c(N)nsc1NCCN1CCCC1. The molecule has 1 fully saturated rings. The van der Waals surface area contributed by atoms with Crippen molar-refractivity contribution in [3.8, 4) is 6.07 Å². The Morgan fingerprint density at radius 2 is 2.25 bits per heavy atom. The van der Waals surface area contributed by atoms with E-state index < -0.39 is 0 Å². The minimum absolute atomic E-state index is 0.330. The maximum atomic E-state index is 8.89. The van der Waals surface area contributed by atoms with Gasteiger partial charge in [0.1, 0.15) is 16.6 Å². The van der Waals surface area contributed by atoms with Crippen molar-refractivity contribution in [2.45, 2.75) is 12.8 Å². The first-order valence-corrected chi connectivity index (χ1v) is 6.20. The van der Waals surface area contributed by atoms with Crippen molar-refractivity contribution in [3.05, 3.63) is 5.56 Å². The normalized spacial score (nSPS) is 16.2. The van der Waals surface area contributed by atoms with Gasteiger partial charge in [0.15, 0.2) is 5.82 Å². The highest BCUT2D eigenvalue weighted by Crippen LogP contribution is 2.25. The van der Waals surface area contributed by atoms with E-state index in [4.69, 9.17) is 11.0 Å². The van der Waals surface area contributed by atoms with E-state index in [9.17, 15) is 0 Å². The number of aromatic nitrogens is 1. The number of nitrogens with zero attached hydrogens (tertiary/aromatic N) is 3. The molecule has 0 radical (unpaired) electrons. The first-order chi connectivity index (χ1) is 7.81. The standard InChI is InChI=1S/C10H15N5S/c11-7-8-9(12)14-16-10(8)13-3-6-15-4-1-2-5-15/h13H,1-6H2,(H2,12,14). The molecule has 1 aromatic heterocycles. The summed E-state index contributed by atoms with van der Waals surface area (Å²) in [5, 5.41) is 12.9. The molecule has 1 aromatic rings. The average molecular weight is 237 g/mol. The van der Waals surface area contributed by atoms with Crippen LogP contribution in [-0.2, 0) is 0 Å². The van der Waals surface area contributed by atoms with E-state index in [1.807, 2.05) is 0 Å². The number of nitrogens with one attached hydrogen (secondary N) is 1. The molecule has 0 atom stereocenters. The number of likely N-dealkylation sites (tertiary alicyclic amines) is 1. The Bertz CT molecular complexity index is 388. The molecule has 1 aliphatic rings. The predicted octanol–water partition coefficient (Wildman–Crippen LogP) is 1.10.